The summed E-state index contributed by atoms with van der Waals surface area (Å²) in [4.78, 5) is 51.4. The summed E-state index contributed by atoms with van der Waals surface area (Å²) in [5, 5.41) is 5.64. The van der Waals surface area contributed by atoms with E-state index in [1.54, 1.807) is 47.6 Å². The van der Waals surface area contributed by atoms with E-state index in [0.29, 0.717) is 29.3 Å². The van der Waals surface area contributed by atoms with Gasteiger partial charge in [0.1, 0.15) is 11.2 Å². The van der Waals surface area contributed by atoms with Crippen LogP contribution in [0.2, 0.25) is 5.02 Å². The van der Waals surface area contributed by atoms with E-state index < -0.39 is 29.2 Å². The summed E-state index contributed by atoms with van der Waals surface area (Å²) in [5.41, 5.74) is -0.214. The molecule has 3 aromatic rings. The smallest absolute Gasteiger partial charge is 0.427 e. The Bertz CT molecular complexity index is 1450. The number of fused-ring (bicyclic) bond motifs is 1. The zero-order chi connectivity index (χ0) is 29.4. The molecule has 0 saturated heterocycles. The van der Waals surface area contributed by atoms with Gasteiger partial charge in [0.15, 0.2) is 5.82 Å². The van der Waals surface area contributed by atoms with Crippen LogP contribution in [0.1, 0.15) is 57.6 Å². The van der Waals surface area contributed by atoms with Crippen LogP contribution in [0.5, 0.6) is 0 Å². The first kappa shape index (κ1) is 28.8. The zero-order valence-electron chi connectivity index (χ0n) is 22.9. The molecule has 11 nitrogen and oxygen atoms in total. The number of ether oxygens (including phenoxy) is 2. The van der Waals surface area contributed by atoms with E-state index >= 15 is 0 Å². The molecule has 0 atom stereocenters. The number of carbonyl (C=O) groups is 3. The number of H-pyrrole nitrogens is 1. The predicted molar refractivity (Wildman–Crippen MR) is 147 cm³/mol. The highest BCUT2D eigenvalue weighted by Gasteiger charge is 2.35. The van der Waals surface area contributed by atoms with Crippen molar-refractivity contribution in [2.75, 3.05) is 16.8 Å². The van der Waals surface area contributed by atoms with Crippen molar-refractivity contribution in [3.8, 4) is 11.4 Å². The van der Waals surface area contributed by atoms with Crippen molar-refractivity contribution in [2.24, 2.45) is 0 Å². The number of benzene rings is 1. The van der Waals surface area contributed by atoms with E-state index in [1.807, 2.05) is 0 Å². The summed E-state index contributed by atoms with van der Waals surface area (Å²) < 4.78 is 25.7. The van der Waals surface area contributed by atoms with Gasteiger partial charge in [-0.05, 0) is 59.7 Å². The standard InChI is InChI=1S/C27H30ClFN6O5/c1-26(2,3)39-24(37)35(25(38)40-27(4,5)6)23-31-13-11-17(34-23)20-21(18-15(32-20)10-12-30-22(18)36)33-16-9-7-8-14(28)19(16)29/h7-9,11,13,32-33H,10,12H2,1-6H3,(H,30,36). The molecule has 4 rings (SSSR count). The van der Waals surface area contributed by atoms with Crippen LogP contribution >= 0.6 is 11.6 Å². The quantitative estimate of drug-likeness (QED) is 0.347. The maximum atomic E-state index is 14.8. The fourth-order valence-corrected chi connectivity index (χ4v) is 4.05. The van der Waals surface area contributed by atoms with Crippen LogP contribution in [0.15, 0.2) is 30.5 Å². The number of rotatable bonds is 4. The number of amides is 3. The van der Waals surface area contributed by atoms with Crippen molar-refractivity contribution in [1.82, 2.24) is 20.3 Å². The molecule has 3 heterocycles. The topological polar surface area (TPSA) is 139 Å². The van der Waals surface area contributed by atoms with Gasteiger partial charge in [-0.25, -0.2) is 23.9 Å². The molecule has 0 radical (unpaired) electrons. The fourth-order valence-electron chi connectivity index (χ4n) is 3.88. The van der Waals surface area contributed by atoms with Gasteiger partial charge < -0.3 is 25.1 Å². The number of aromatic amines is 1. The normalized spacial score (nSPS) is 13.2. The molecule has 1 aliphatic rings. The second-order valence-electron chi connectivity index (χ2n) is 11.0. The number of anilines is 3. The molecule has 2 aromatic heterocycles. The van der Waals surface area contributed by atoms with Gasteiger partial charge in [0, 0.05) is 24.9 Å². The van der Waals surface area contributed by atoms with E-state index in [4.69, 9.17) is 21.1 Å². The number of imide groups is 1. The van der Waals surface area contributed by atoms with E-state index in [2.05, 4.69) is 25.6 Å². The Balaban J connectivity index is 1.83. The van der Waals surface area contributed by atoms with Gasteiger partial charge >= 0.3 is 12.2 Å². The molecule has 1 aliphatic heterocycles. The minimum atomic E-state index is -1.04. The fraction of sp³-hybridized carbons (Fsp3) is 0.370. The lowest BCUT2D eigenvalue weighted by Crippen LogP contribution is -2.44. The molecule has 0 fully saturated rings. The van der Waals surface area contributed by atoms with Gasteiger partial charge in [-0.3, -0.25) is 4.79 Å². The largest absolute Gasteiger partial charge is 0.443 e. The van der Waals surface area contributed by atoms with Crippen molar-refractivity contribution in [1.29, 1.82) is 0 Å². The van der Waals surface area contributed by atoms with Crippen LogP contribution in [-0.4, -0.2) is 50.8 Å². The average molecular weight is 573 g/mol. The lowest BCUT2D eigenvalue weighted by Gasteiger charge is -2.27. The lowest BCUT2D eigenvalue weighted by molar-refractivity contribution is 0.0427. The molecule has 0 bridgehead atoms. The van der Waals surface area contributed by atoms with Crippen molar-refractivity contribution in [3.05, 3.63) is 52.6 Å². The summed E-state index contributed by atoms with van der Waals surface area (Å²) in [6.45, 7) is 10.3. The van der Waals surface area contributed by atoms with E-state index in [1.165, 1.54) is 24.4 Å². The van der Waals surface area contributed by atoms with E-state index in [0.717, 1.165) is 0 Å². The maximum absolute atomic E-state index is 14.8. The van der Waals surface area contributed by atoms with Crippen LogP contribution in [0.4, 0.5) is 31.3 Å². The van der Waals surface area contributed by atoms with Crippen LogP contribution < -0.4 is 15.5 Å². The first-order chi connectivity index (χ1) is 18.6. The van der Waals surface area contributed by atoms with Crippen LogP contribution in [0, 0.1) is 5.82 Å². The Morgan fingerprint density at radius 2 is 1.73 bits per heavy atom. The maximum Gasteiger partial charge on any atom is 0.427 e. The molecular formula is C27H30ClFN6O5. The molecule has 40 heavy (non-hydrogen) atoms. The molecule has 0 spiro atoms. The van der Waals surface area contributed by atoms with Crippen molar-refractivity contribution in [3.63, 3.8) is 0 Å². The third-order valence-corrected chi connectivity index (χ3v) is 5.72. The predicted octanol–water partition coefficient (Wildman–Crippen LogP) is 5.97. The average Bonchev–Trinajstić information content (AvgIpc) is 3.19. The highest BCUT2D eigenvalue weighted by Crippen LogP contribution is 2.37. The number of carbonyl (C=O) groups excluding carboxylic acids is 3. The van der Waals surface area contributed by atoms with Gasteiger partial charge in [-0.15, -0.1) is 4.90 Å². The highest BCUT2D eigenvalue weighted by molar-refractivity contribution is 6.31. The summed E-state index contributed by atoms with van der Waals surface area (Å²) in [7, 11) is 0. The SMILES string of the molecule is CC(C)(C)OC(=O)N(C(=O)OC(C)(C)C)c1nccc(-c2[nH]c3c(c2Nc2cccc(Cl)c2F)C(=O)NCC3)n1. The monoisotopic (exact) mass is 572 g/mol. The van der Waals surface area contributed by atoms with Crippen molar-refractivity contribution >= 4 is 47.0 Å². The zero-order valence-corrected chi connectivity index (χ0v) is 23.7. The number of nitrogens with zero attached hydrogens (tertiary/aromatic N) is 3. The molecule has 3 N–H and O–H groups in total. The molecule has 0 aliphatic carbocycles. The number of aromatic nitrogens is 3. The Hall–Kier alpha value is -4.19. The van der Waals surface area contributed by atoms with E-state index in [9.17, 15) is 18.8 Å². The van der Waals surface area contributed by atoms with Crippen LogP contribution in [0.3, 0.4) is 0 Å². The second-order valence-corrected chi connectivity index (χ2v) is 11.4. The Morgan fingerprint density at radius 3 is 2.35 bits per heavy atom. The molecule has 0 unspecified atom stereocenters. The van der Waals surface area contributed by atoms with Crippen molar-refractivity contribution in [2.45, 2.75) is 59.2 Å². The van der Waals surface area contributed by atoms with Crippen LogP contribution in [0.25, 0.3) is 11.4 Å². The summed E-state index contributed by atoms with van der Waals surface area (Å²) in [6.07, 6.45) is -0.261. The van der Waals surface area contributed by atoms with Gasteiger partial charge in [0.25, 0.3) is 5.91 Å². The second kappa shape index (κ2) is 10.8. The first-order valence-electron chi connectivity index (χ1n) is 12.5. The molecule has 13 heteroatoms. The number of halogens is 2. The van der Waals surface area contributed by atoms with Gasteiger partial charge in [0.05, 0.1) is 33.3 Å². The van der Waals surface area contributed by atoms with Crippen LogP contribution in [-0.2, 0) is 15.9 Å². The molecule has 3 amide bonds. The Morgan fingerprint density at radius 1 is 1.07 bits per heavy atom. The van der Waals surface area contributed by atoms with Gasteiger partial charge in [-0.1, -0.05) is 17.7 Å². The van der Waals surface area contributed by atoms with Gasteiger partial charge in [0.2, 0.25) is 5.95 Å². The minimum Gasteiger partial charge on any atom is -0.443 e. The summed E-state index contributed by atoms with van der Waals surface area (Å²) in [5.74, 6) is -1.39. The lowest BCUT2D eigenvalue weighted by atomic mass is 10.1. The summed E-state index contributed by atoms with van der Waals surface area (Å²) in [6, 6.07) is 5.96. The number of hydrogen-bond acceptors (Lipinski definition) is 8. The third-order valence-electron chi connectivity index (χ3n) is 5.43. The molecule has 0 saturated carbocycles. The third kappa shape index (κ3) is 6.33. The molecule has 1 aromatic carbocycles. The number of hydrogen-bond donors (Lipinski definition) is 3. The summed E-state index contributed by atoms with van der Waals surface area (Å²) >= 11 is 5.97. The Kier molecular flexibility index (Phi) is 7.75. The van der Waals surface area contributed by atoms with Crippen molar-refractivity contribution < 1.29 is 28.2 Å². The van der Waals surface area contributed by atoms with E-state index in [-0.39, 0.29) is 39.5 Å². The molecule has 212 valence electrons. The number of nitrogens with one attached hydrogen (secondary N) is 3. The highest BCUT2D eigenvalue weighted by atomic mass is 35.5. The Labute approximate surface area is 235 Å². The van der Waals surface area contributed by atoms with Gasteiger partial charge in [-0.2, -0.15) is 0 Å². The molecular weight excluding hydrogens is 543 g/mol. The first-order valence-corrected chi connectivity index (χ1v) is 12.9. The minimum absolute atomic E-state index is 0.0346.